The zero-order valence-electron chi connectivity index (χ0n) is 11.3. The second-order valence-electron chi connectivity index (χ2n) is 4.83. The van der Waals surface area contributed by atoms with E-state index in [0.717, 1.165) is 31.8 Å². The van der Waals surface area contributed by atoms with E-state index < -0.39 is 0 Å². The molecule has 3 aromatic rings. The van der Waals surface area contributed by atoms with Gasteiger partial charge in [-0.1, -0.05) is 18.2 Å². The fourth-order valence-electron chi connectivity index (χ4n) is 2.38. The van der Waals surface area contributed by atoms with Crippen molar-refractivity contribution in [3.63, 3.8) is 0 Å². The van der Waals surface area contributed by atoms with Crippen LogP contribution in [0.4, 0.5) is 0 Å². The molecule has 2 aromatic heterocycles. The van der Waals surface area contributed by atoms with Crippen molar-refractivity contribution in [2.45, 2.75) is 19.4 Å². The number of aromatic nitrogens is 3. The number of aromatic amines is 1. The number of benzene rings is 1. The summed E-state index contributed by atoms with van der Waals surface area (Å²) in [5.41, 5.74) is 1.32. The minimum Gasteiger partial charge on any atom is -0.349 e. The van der Waals surface area contributed by atoms with Crippen molar-refractivity contribution in [3.8, 4) is 0 Å². The summed E-state index contributed by atoms with van der Waals surface area (Å²) < 4.78 is 0. The van der Waals surface area contributed by atoms with Crippen molar-refractivity contribution < 1.29 is 0 Å². The first-order chi connectivity index (χ1) is 9.93. The molecule has 4 heteroatoms. The number of hydrogen-bond acceptors (Lipinski definition) is 3. The van der Waals surface area contributed by atoms with E-state index in [9.17, 15) is 0 Å². The molecule has 1 aromatic carbocycles. The van der Waals surface area contributed by atoms with E-state index in [1.807, 2.05) is 18.6 Å². The Hall–Kier alpha value is -2.20. The van der Waals surface area contributed by atoms with Gasteiger partial charge < -0.3 is 10.3 Å². The van der Waals surface area contributed by atoms with Gasteiger partial charge in [-0.25, -0.2) is 4.98 Å². The van der Waals surface area contributed by atoms with Crippen molar-refractivity contribution in [2.75, 3.05) is 6.54 Å². The van der Waals surface area contributed by atoms with Crippen molar-refractivity contribution in [3.05, 3.63) is 60.4 Å². The molecule has 4 nitrogen and oxygen atoms in total. The molecule has 102 valence electrons. The topological polar surface area (TPSA) is 53.6 Å². The predicted molar refractivity (Wildman–Crippen MR) is 80.4 cm³/mol. The van der Waals surface area contributed by atoms with Crippen molar-refractivity contribution >= 4 is 10.8 Å². The van der Waals surface area contributed by atoms with Gasteiger partial charge in [-0.05, 0) is 30.0 Å². The van der Waals surface area contributed by atoms with Crippen LogP contribution in [-0.4, -0.2) is 21.5 Å². The summed E-state index contributed by atoms with van der Waals surface area (Å²) >= 11 is 0. The highest BCUT2D eigenvalue weighted by Gasteiger charge is 2.00. The van der Waals surface area contributed by atoms with E-state index in [2.05, 4.69) is 44.5 Å². The summed E-state index contributed by atoms with van der Waals surface area (Å²) in [5, 5.41) is 5.97. The number of hydrogen-bond donors (Lipinski definition) is 2. The zero-order valence-corrected chi connectivity index (χ0v) is 11.3. The van der Waals surface area contributed by atoms with E-state index >= 15 is 0 Å². The number of aryl methyl sites for hydroxylation is 1. The van der Waals surface area contributed by atoms with Crippen LogP contribution in [0.3, 0.4) is 0 Å². The van der Waals surface area contributed by atoms with Gasteiger partial charge >= 0.3 is 0 Å². The number of H-pyrrole nitrogens is 1. The lowest BCUT2D eigenvalue weighted by molar-refractivity contribution is 0.643. The van der Waals surface area contributed by atoms with Gasteiger partial charge in [-0.2, -0.15) is 0 Å². The zero-order chi connectivity index (χ0) is 13.6. The number of pyridine rings is 1. The van der Waals surface area contributed by atoms with Crippen LogP contribution in [0.5, 0.6) is 0 Å². The van der Waals surface area contributed by atoms with Gasteiger partial charge in [0.15, 0.2) is 0 Å². The first-order valence-electron chi connectivity index (χ1n) is 6.94. The van der Waals surface area contributed by atoms with E-state index in [-0.39, 0.29) is 0 Å². The summed E-state index contributed by atoms with van der Waals surface area (Å²) in [6.07, 6.45) is 9.50. The first-order valence-corrected chi connectivity index (χ1v) is 6.94. The number of fused-ring (bicyclic) bond motifs is 1. The second-order valence-corrected chi connectivity index (χ2v) is 4.83. The van der Waals surface area contributed by atoms with Crippen LogP contribution in [0.2, 0.25) is 0 Å². The van der Waals surface area contributed by atoms with E-state index in [1.54, 1.807) is 6.20 Å². The normalized spacial score (nSPS) is 11.0. The molecule has 20 heavy (non-hydrogen) atoms. The Kier molecular flexibility index (Phi) is 4.04. The van der Waals surface area contributed by atoms with Crippen LogP contribution in [0.15, 0.2) is 49.1 Å². The lowest BCUT2D eigenvalue weighted by Gasteiger charge is -2.07. The summed E-state index contributed by atoms with van der Waals surface area (Å²) in [4.78, 5) is 11.5. The van der Waals surface area contributed by atoms with Crippen LogP contribution in [0.25, 0.3) is 10.8 Å². The van der Waals surface area contributed by atoms with Gasteiger partial charge in [0, 0.05) is 43.1 Å². The molecule has 0 saturated carbocycles. The summed E-state index contributed by atoms with van der Waals surface area (Å²) in [7, 11) is 0. The van der Waals surface area contributed by atoms with Crippen molar-refractivity contribution in [1.29, 1.82) is 0 Å². The fourth-order valence-corrected chi connectivity index (χ4v) is 2.38. The van der Waals surface area contributed by atoms with Crippen LogP contribution in [0.1, 0.15) is 17.8 Å². The highest BCUT2D eigenvalue weighted by Crippen LogP contribution is 2.17. The van der Waals surface area contributed by atoms with Crippen LogP contribution < -0.4 is 5.32 Å². The maximum absolute atomic E-state index is 4.22. The SMILES string of the molecule is c1cc(CNCCCc2ncc[nH]2)c2ccncc2c1. The Morgan fingerprint density at radius 2 is 2.15 bits per heavy atom. The Morgan fingerprint density at radius 3 is 3.05 bits per heavy atom. The third-order valence-electron chi connectivity index (χ3n) is 3.41. The predicted octanol–water partition coefficient (Wildman–Crippen LogP) is 2.68. The number of imidazole rings is 1. The number of nitrogens with one attached hydrogen (secondary N) is 2. The molecular formula is C16H18N4. The minimum atomic E-state index is 0.888. The Bertz CT molecular complexity index is 656. The van der Waals surface area contributed by atoms with Gasteiger partial charge in [-0.3, -0.25) is 4.98 Å². The van der Waals surface area contributed by atoms with Gasteiger partial charge in [-0.15, -0.1) is 0 Å². The van der Waals surface area contributed by atoms with Gasteiger partial charge in [0.25, 0.3) is 0 Å². The molecule has 0 fully saturated rings. The molecule has 3 rings (SSSR count). The van der Waals surface area contributed by atoms with Crippen LogP contribution >= 0.6 is 0 Å². The minimum absolute atomic E-state index is 0.888. The summed E-state index contributed by atoms with van der Waals surface area (Å²) in [5.74, 6) is 1.06. The highest BCUT2D eigenvalue weighted by atomic mass is 14.9. The van der Waals surface area contributed by atoms with Crippen molar-refractivity contribution in [1.82, 2.24) is 20.3 Å². The smallest absolute Gasteiger partial charge is 0.106 e. The Morgan fingerprint density at radius 1 is 1.15 bits per heavy atom. The molecule has 0 aliphatic carbocycles. The van der Waals surface area contributed by atoms with Gasteiger partial charge in [0.05, 0.1) is 0 Å². The molecule has 0 unspecified atom stereocenters. The average molecular weight is 266 g/mol. The molecule has 0 atom stereocenters. The first kappa shape index (κ1) is 12.8. The van der Waals surface area contributed by atoms with Gasteiger partial charge in [0.2, 0.25) is 0 Å². The summed E-state index contributed by atoms with van der Waals surface area (Å²) in [6.45, 7) is 1.88. The maximum Gasteiger partial charge on any atom is 0.106 e. The molecule has 0 amide bonds. The highest BCUT2D eigenvalue weighted by molar-refractivity contribution is 5.84. The quantitative estimate of drug-likeness (QED) is 0.674. The maximum atomic E-state index is 4.22. The standard InChI is InChI=1S/C16H18N4/c1-3-13(15-6-8-18-12-14(15)4-1)11-17-7-2-5-16-19-9-10-20-16/h1,3-4,6,8-10,12,17H,2,5,7,11H2,(H,19,20). The van der Waals surface area contributed by atoms with Crippen LogP contribution in [-0.2, 0) is 13.0 Å². The van der Waals surface area contributed by atoms with E-state index in [4.69, 9.17) is 0 Å². The Balaban J connectivity index is 1.52. The molecule has 0 aliphatic heterocycles. The molecule has 0 saturated heterocycles. The lowest BCUT2D eigenvalue weighted by Crippen LogP contribution is -2.15. The molecule has 0 aliphatic rings. The number of nitrogens with zero attached hydrogens (tertiary/aromatic N) is 2. The molecular weight excluding hydrogens is 248 g/mol. The molecule has 0 radical (unpaired) electrons. The third-order valence-corrected chi connectivity index (χ3v) is 3.41. The molecule has 0 bridgehead atoms. The van der Waals surface area contributed by atoms with Crippen molar-refractivity contribution in [2.24, 2.45) is 0 Å². The monoisotopic (exact) mass is 266 g/mol. The van der Waals surface area contributed by atoms with E-state index in [0.29, 0.717) is 0 Å². The molecule has 2 heterocycles. The van der Waals surface area contributed by atoms with Gasteiger partial charge in [0.1, 0.15) is 5.82 Å². The Labute approximate surface area is 118 Å². The second kappa shape index (κ2) is 6.30. The average Bonchev–Trinajstić information content (AvgIpc) is 3.00. The largest absolute Gasteiger partial charge is 0.349 e. The molecule has 0 spiro atoms. The third kappa shape index (κ3) is 3.03. The lowest BCUT2D eigenvalue weighted by atomic mass is 10.1. The van der Waals surface area contributed by atoms with Crippen LogP contribution in [0, 0.1) is 0 Å². The number of rotatable bonds is 6. The summed E-state index contributed by atoms with van der Waals surface area (Å²) in [6, 6.07) is 8.43. The van der Waals surface area contributed by atoms with E-state index in [1.165, 1.54) is 16.3 Å². The molecule has 2 N–H and O–H groups in total. The fraction of sp³-hybridized carbons (Fsp3) is 0.250.